The number of benzene rings is 1. The fraction of sp³-hybridized carbons (Fsp3) is 0.417. The molecule has 1 unspecified atom stereocenters. The van der Waals surface area contributed by atoms with Gasteiger partial charge in [0.25, 0.3) is 0 Å². The van der Waals surface area contributed by atoms with Crippen molar-refractivity contribution in [2.45, 2.75) is 12.2 Å². The van der Waals surface area contributed by atoms with Crippen LogP contribution in [0.15, 0.2) is 18.2 Å². The third-order valence-electron chi connectivity index (χ3n) is 2.56. The maximum atomic E-state index is 13.3. The summed E-state index contributed by atoms with van der Waals surface area (Å²) in [6.45, 7) is 1.70. The minimum absolute atomic E-state index is 0.000793. The lowest BCUT2D eigenvalue weighted by Gasteiger charge is -2.19. The Bertz CT molecular complexity index is 400. The largest absolute Gasteiger partial charge is 0.293 e. The number of carbonyl (C=O) groups excluding carboxylic acids is 1. The highest BCUT2D eigenvalue weighted by Crippen LogP contribution is 2.27. The SMILES string of the molecule is Cc1ccc(C(=O)C2CSCCS2)cc1F. The van der Waals surface area contributed by atoms with Crippen molar-refractivity contribution >= 4 is 29.3 Å². The first-order chi connectivity index (χ1) is 7.68. The molecule has 0 radical (unpaired) electrons. The van der Waals surface area contributed by atoms with E-state index in [2.05, 4.69) is 0 Å². The Morgan fingerprint density at radius 1 is 1.44 bits per heavy atom. The van der Waals surface area contributed by atoms with Crippen LogP contribution in [0.3, 0.4) is 0 Å². The molecular weight excluding hydrogens is 243 g/mol. The average molecular weight is 256 g/mol. The molecule has 0 amide bonds. The highest BCUT2D eigenvalue weighted by molar-refractivity contribution is 8.07. The molecule has 1 aliphatic rings. The highest BCUT2D eigenvalue weighted by atomic mass is 32.2. The molecule has 0 aromatic heterocycles. The molecule has 1 heterocycles. The van der Waals surface area contributed by atoms with E-state index in [1.54, 1.807) is 42.6 Å². The molecule has 2 rings (SSSR count). The number of hydrogen-bond donors (Lipinski definition) is 0. The molecule has 1 atom stereocenters. The van der Waals surface area contributed by atoms with Crippen LogP contribution in [0.4, 0.5) is 4.39 Å². The van der Waals surface area contributed by atoms with E-state index >= 15 is 0 Å². The minimum atomic E-state index is -0.292. The predicted molar refractivity (Wildman–Crippen MR) is 69.0 cm³/mol. The van der Waals surface area contributed by atoms with Gasteiger partial charge in [-0.05, 0) is 18.6 Å². The average Bonchev–Trinajstić information content (AvgIpc) is 2.33. The van der Waals surface area contributed by atoms with Crippen molar-refractivity contribution in [1.29, 1.82) is 0 Å². The molecule has 0 spiro atoms. The van der Waals surface area contributed by atoms with E-state index in [0.29, 0.717) is 11.1 Å². The Labute approximate surface area is 103 Å². The van der Waals surface area contributed by atoms with Crippen LogP contribution in [-0.4, -0.2) is 28.3 Å². The van der Waals surface area contributed by atoms with Gasteiger partial charge in [-0.25, -0.2) is 4.39 Å². The number of carbonyl (C=O) groups is 1. The maximum absolute atomic E-state index is 13.3. The Balaban J connectivity index is 2.16. The molecule has 1 nitrogen and oxygen atoms in total. The summed E-state index contributed by atoms with van der Waals surface area (Å²) in [6, 6.07) is 4.75. The van der Waals surface area contributed by atoms with Gasteiger partial charge in [-0.15, -0.1) is 11.8 Å². The van der Waals surface area contributed by atoms with E-state index in [9.17, 15) is 9.18 Å². The predicted octanol–water partition coefficient (Wildman–Crippen LogP) is 3.17. The van der Waals surface area contributed by atoms with Crippen LogP contribution in [0.1, 0.15) is 15.9 Å². The molecule has 0 aliphatic carbocycles. The second kappa shape index (κ2) is 5.23. The van der Waals surface area contributed by atoms with Crippen molar-refractivity contribution in [2.75, 3.05) is 17.3 Å². The zero-order valence-corrected chi connectivity index (χ0v) is 10.7. The van der Waals surface area contributed by atoms with Gasteiger partial charge in [-0.2, -0.15) is 11.8 Å². The second-order valence-electron chi connectivity index (χ2n) is 3.76. The van der Waals surface area contributed by atoms with Crippen LogP contribution >= 0.6 is 23.5 Å². The van der Waals surface area contributed by atoms with Gasteiger partial charge in [0.05, 0.1) is 5.25 Å². The van der Waals surface area contributed by atoms with Crippen molar-refractivity contribution in [1.82, 2.24) is 0 Å². The third-order valence-corrected chi connectivity index (χ3v) is 5.32. The smallest absolute Gasteiger partial charge is 0.176 e. The van der Waals surface area contributed by atoms with Gasteiger partial charge in [-0.1, -0.05) is 12.1 Å². The van der Waals surface area contributed by atoms with E-state index in [4.69, 9.17) is 0 Å². The molecule has 86 valence electrons. The summed E-state index contributed by atoms with van der Waals surface area (Å²) < 4.78 is 13.3. The Hall–Kier alpha value is -0.480. The fourth-order valence-corrected chi connectivity index (χ4v) is 4.21. The van der Waals surface area contributed by atoms with E-state index in [1.807, 2.05) is 0 Å². The number of halogens is 1. The fourth-order valence-electron chi connectivity index (χ4n) is 1.57. The maximum Gasteiger partial charge on any atom is 0.176 e. The summed E-state index contributed by atoms with van der Waals surface area (Å²) in [6.07, 6.45) is 0. The van der Waals surface area contributed by atoms with Crippen molar-refractivity contribution in [3.63, 3.8) is 0 Å². The van der Waals surface area contributed by atoms with Crippen molar-refractivity contribution in [3.05, 3.63) is 35.1 Å². The molecular formula is C12H13FOS2. The van der Waals surface area contributed by atoms with Crippen LogP contribution in [0.2, 0.25) is 0 Å². The van der Waals surface area contributed by atoms with Crippen LogP contribution in [-0.2, 0) is 0 Å². The number of rotatable bonds is 2. The van der Waals surface area contributed by atoms with Gasteiger partial charge in [0.2, 0.25) is 0 Å². The molecule has 4 heteroatoms. The summed E-state index contributed by atoms with van der Waals surface area (Å²) >= 11 is 3.48. The Morgan fingerprint density at radius 2 is 2.25 bits per heavy atom. The molecule has 0 saturated carbocycles. The van der Waals surface area contributed by atoms with Crippen molar-refractivity contribution in [3.8, 4) is 0 Å². The number of aryl methyl sites for hydroxylation is 1. The van der Waals surface area contributed by atoms with Gasteiger partial charge in [-0.3, -0.25) is 4.79 Å². The Kier molecular flexibility index (Phi) is 3.92. The van der Waals surface area contributed by atoms with Crippen molar-refractivity contribution < 1.29 is 9.18 Å². The third kappa shape index (κ3) is 2.61. The van der Waals surface area contributed by atoms with Crippen LogP contribution in [0.5, 0.6) is 0 Å². The molecule has 1 aromatic rings. The minimum Gasteiger partial charge on any atom is -0.293 e. The van der Waals surface area contributed by atoms with Crippen LogP contribution < -0.4 is 0 Å². The van der Waals surface area contributed by atoms with E-state index < -0.39 is 0 Å². The summed E-state index contributed by atoms with van der Waals surface area (Å²) in [4.78, 5) is 12.1. The standard InChI is InChI=1S/C12H13FOS2/c1-8-2-3-9(6-10(8)13)12(14)11-7-15-4-5-16-11/h2-3,6,11H,4-5,7H2,1H3. The first kappa shape index (κ1) is 12.0. The van der Waals surface area contributed by atoms with E-state index in [0.717, 1.165) is 17.3 Å². The van der Waals surface area contributed by atoms with E-state index in [-0.39, 0.29) is 16.9 Å². The quantitative estimate of drug-likeness (QED) is 0.757. The molecule has 1 aromatic carbocycles. The number of thioether (sulfide) groups is 2. The lowest BCUT2D eigenvalue weighted by Crippen LogP contribution is -2.24. The van der Waals surface area contributed by atoms with E-state index in [1.165, 1.54) is 6.07 Å². The topological polar surface area (TPSA) is 17.1 Å². The lowest BCUT2D eigenvalue weighted by molar-refractivity contribution is 0.0994. The molecule has 0 N–H and O–H groups in total. The zero-order chi connectivity index (χ0) is 11.5. The zero-order valence-electron chi connectivity index (χ0n) is 9.03. The highest BCUT2D eigenvalue weighted by Gasteiger charge is 2.23. The van der Waals surface area contributed by atoms with Crippen LogP contribution in [0, 0.1) is 12.7 Å². The van der Waals surface area contributed by atoms with Gasteiger partial charge in [0.1, 0.15) is 5.82 Å². The number of Topliss-reactive ketones (excluding diaryl/α,β-unsaturated/α-hetero) is 1. The summed E-state index contributed by atoms with van der Waals surface area (Å²) in [5.74, 6) is 2.74. The van der Waals surface area contributed by atoms with Gasteiger partial charge >= 0.3 is 0 Å². The Morgan fingerprint density at radius 3 is 2.88 bits per heavy atom. The monoisotopic (exact) mass is 256 g/mol. The summed E-state index contributed by atoms with van der Waals surface area (Å²) in [5.41, 5.74) is 1.09. The molecule has 16 heavy (non-hydrogen) atoms. The number of ketones is 1. The molecule has 1 saturated heterocycles. The summed E-state index contributed by atoms with van der Waals surface area (Å²) in [7, 11) is 0. The van der Waals surface area contributed by atoms with Crippen LogP contribution in [0.25, 0.3) is 0 Å². The lowest BCUT2D eigenvalue weighted by atomic mass is 10.1. The molecule has 1 aliphatic heterocycles. The first-order valence-corrected chi connectivity index (χ1v) is 7.38. The first-order valence-electron chi connectivity index (χ1n) is 5.18. The van der Waals surface area contributed by atoms with Gasteiger partial charge < -0.3 is 0 Å². The summed E-state index contributed by atoms with van der Waals surface area (Å²) in [5, 5.41) is 0.000793. The van der Waals surface area contributed by atoms with Gasteiger partial charge in [0, 0.05) is 22.8 Å². The molecule has 1 fully saturated rings. The number of hydrogen-bond acceptors (Lipinski definition) is 3. The molecule has 0 bridgehead atoms. The van der Waals surface area contributed by atoms with Crippen molar-refractivity contribution in [2.24, 2.45) is 0 Å². The van der Waals surface area contributed by atoms with Gasteiger partial charge in [0.15, 0.2) is 5.78 Å². The second-order valence-corrected chi connectivity index (χ2v) is 6.22. The normalized spacial score (nSPS) is 20.8.